The van der Waals surface area contributed by atoms with Crippen molar-refractivity contribution in [3.05, 3.63) is 54.1 Å². The molecule has 3 aromatic rings. The van der Waals surface area contributed by atoms with E-state index in [9.17, 15) is 4.79 Å². The Morgan fingerprint density at radius 1 is 1.00 bits per heavy atom. The number of ether oxygens (including phenoxy) is 2. The van der Waals surface area contributed by atoms with E-state index >= 15 is 0 Å². The van der Waals surface area contributed by atoms with E-state index in [0.29, 0.717) is 12.1 Å². The summed E-state index contributed by atoms with van der Waals surface area (Å²) in [5, 5.41) is 9.10. The summed E-state index contributed by atoms with van der Waals surface area (Å²) in [4.78, 5) is 12.8. The summed E-state index contributed by atoms with van der Waals surface area (Å²) >= 11 is 1.41. The highest BCUT2D eigenvalue weighted by molar-refractivity contribution is 8.00. The monoisotopic (exact) mass is 397 g/mol. The Kier molecular flexibility index (Phi) is 6.36. The van der Waals surface area contributed by atoms with Crippen LogP contribution >= 0.6 is 11.8 Å². The van der Waals surface area contributed by atoms with Gasteiger partial charge in [-0.05, 0) is 62.4 Å². The molecule has 0 fully saturated rings. The van der Waals surface area contributed by atoms with Crippen molar-refractivity contribution >= 4 is 17.5 Å². The fourth-order valence-corrected chi connectivity index (χ4v) is 3.81. The molecule has 28 heavy (non-hydrogen) atoms. The molecule has 146 valence electrons. The van der Waals surface area contributed by atoms with Crippen molar-refractivity contribution < 1.29 is 14.3 Å². The molecule has 1 heterocycles. The summed E-state index contributed by atoms with van der Waals surface area (Å²) in [5.74, 6) is 2.34. The van der Waals surface area contributed by atoms with Crippen LogP contribution in [0, 0.1) is 0 Å². The molecule has 0 saturated carbocycles. The molecule has 0 aliphatic rings. The number of aromatic nitrogens is 3. The Labute approximate surface area is 168 Å². The third-order valence-electron chi connectivity index (χ3n) is 4.41. The molecule has 1 aromatic heterocycles. The number of nitrogens with zero attached hydrogens (tertiary/aromatic N) is 3. The van der Waals surface area contributed by atoms with Crippen molar-refractivity contribution in [1.82, 2.24) is 14.8 Å². The van der Waals surface area contributed by atoms with Gasteiger partial charge in [-0.3, -0.25) is 4.79 Å². The maximum Gasteiger partial charge on any atom is 0.192 e. The number of carbonyl (C=O) groups is 1. The standard InChI is InChI=1S/C21H23N3O3S/c1-5-24-20(16-8-12-18(27-4)13-9-16)22-23-21(24)28-14(2)19(25)15-6-10-17(26-3)11-7-15/h6-14H,5H2,1-4H3/t14-/m0/s1. The van der Waals surface area contributed by atoms with Gasteiger partial charge in [0.1, 0.15) is 11.5 Å². The smallest absolute Gasteiger partial charge is 0.192 e. The van der Waals surface area contributed by atoms with Crippen LogP contribution in [0.2, 0.25) is 0 Å². The number of Topliss-reactive ketones (excluding diaryl/α,β-unsaturated/α-hetero) is 1. The van der Waals surface area contributed by atoms with Crippen molar-refractivity contribution in [3.63, 3.8) is 0 Å². The minimum absolute atomic E-state index is 0.0457. The first kappa shape index (κ1) is 19.9. The Morgan fingerprint density at radius 3 is 2.11 bits per heavy atom. The molecule has 0 radical (unpaired) electrons. The maximum atomic E-state index is 12.8. The van der Waals surface area contributed by atoms with Gasteiger partial charge in [-0.15, -0.1) is 10.2 Å². The molecule has 0 N–H and O–H groups in total. The lowest BCUT2D eigenvalue weighted by Crippen LogP contribution is -2.14. The molecule has 1 atom stereocenters. The number of carbonyl (C=O) groups excluding carboxylic acids is 1. The highest BCUT2D eigenvalue weighted by atomic mass is 32.2. The van der Waals surface area contributed by atoms with Gasteiger partial charge < -0.3 is 14.0 Å². The molecule has 0 saturated heterocycles. The first-order valence-electron chi connectivity index (χ1n) is 9.00. The van der Waals surface area contributed by atoms with E-state index in [2.05, 4.69) is 10.2 Å². The second kappa shape index (κ2) is 8.93. The van der Waals surface area contributed by atoms with Gasteiger partial charge in [0, 0.05) is 17.7 Å². The van der Waals surface area contributed by atoms with Gasteiger partial charge in [0.05, 0.1) is 19.5 Å². The van der Waals surface area contributed by atoms with Crippen LogP contribution < -0.4 is 9.47 Å². The summed E-state index contributed by atoms with van der Waals surface area (Å²) in [6.45, 7) is 4.63. The van der Waals surface area contributed by atoms with Gasteiger partial charge in [0.25, 0.3) is 0 Å². The zero-order valence-corrected chi connectivity index (χ0v) is 17.2. The Bertz CT molecular complexity index is 937. The topological polar surface area (TPSA) is 66.2 Å². The van der Waals surface area contributed by atoms with Gasteiger partial charge in [0.2, 0.25) is 0 Å². The normalized spacial score (nSPS) is 11.9. The number of hydrogen-bond acceptors (Lipinski definition) is 6. The van der Waals surface area contributed by atoms with Crippen LogP contribution in [0.15, 0.2) is 53.7 Å². The van der Waals surface area contributed by atoms with Gasteiger partial charge in [0.15, 0.2) is 16.8 Å². The number of hydrogen-bond donors (Lipinski definition) is 0. The molecule has 0 unspecified atom stereocenters. The van der Waals surface area contributed by atoms with E-state index in [-0.39, 0.29) is 11.0 Å². The maximum absolute atomic E-state index is 12.8. The van der Waals surface area contributed by atoms with Crippen molar-refractivity contribution in [2.24, 2.45) is 0 Å². The van der Waals surface area contributed by atoms with Crippen molar-refractivity contribution in [1.29, 1.82) is 0 Å². The number of ketones is 1. The molecule has 0 aliphatic carbocycles. The molecule has 0 aliphatic heterocycles. The largest absolute Gasteiger partial charge is 0.497 e. The Balaban J connectivity index is 1.79. The van der Waals surface area contributed by atoms with Crippen LogP contribution in [0.1, 0.15) is 24.2 Å². The van der Waals surface area contributed by atoms with Crippen LogP contribution in [-0.4, -0.2) is 40.0 Å². The molecule has 0 spiro atoms. The second-order valence-electron chi connectivity index (χ2n) is 6.13. The first-order chi connectivity index (χ1) is 13.6. The predicted octanol–water partition coefficient (Wildman–Crippen LogP) is 4.35. The summed E-state index contributed by atoms with van der Waals surface area (Å²) < 4.78 is 12.4. The summed E-state index contributed by atoms with van der Waals surface area (Å²) in [7, 11) is 3.24. The lowest BCUT2D eigenvalue weighted by molar-refractivity contribution is 0.0994. The van der Waals surface area contributed by atoms with Gasteiger partial charge in [-0.2, -0.15) is 0 Å². The molecule has 0 amide bonds. The molecule has 3 rings (SSSR count). The van der Waals surface area contributed by atoms with Gasteiger partial charge >= 0.3 is 0 Å². The predicted molar refractivity (Wildman–Crippen MR) is 110 cm³/mol. The fourth-order valence-electron chi connectivity index (χ4n) is 2.82. The van der Waals surface area contributed by atoms with Crippen LogP contribution in [0.3, 0.4) is 0 Å². The molecule has 7 heteroatoms. The van der Waals surface area contributed by atoms with E-state index in [0.717, 1.165) is 28.0 Å². The van der Waals surface area contributed by atoms with E-state index in [4.69, 9.17) is 9.47 Å². The molecule has 0 bridgehead atoms. The molecular weight excluding hydrogens is 374 g/mol. The minimum atomic E-state index is -0.286. The van der Waals surface area contributed by atoms with E-state index < -0.39 is 0 Å². The highest BCUT2D eigenvalue weighted by Gasteiger charge is 2.21. The Morgan fingerprint density at radius 2 is 1.57 bits per heavy atom. The van der Waals surface area contributed by atoms with E-state index in [1.807, 2.05) is 42.7 Å². The third kappa shape index (κ3) is 4.20. The van der Waals surface area contributed by atoms with Crippen LogP contribution in [0.5, 0.6) is 11.5 Å². The Hall–Kier alpha value is -2.80. The number of rotatable bonds is 8. The zero-order valence-electron chi connectivity index (χ0n) is 16.4. The van der Waals surface area contributed by atoms with Crippen LogP contribution in [0.4, 0.5) is 0 Å². The number of methoxy groups -OCH3 is 2. The SMILES string of the molecule is CCn1c(S[C@@H](C)C(=O)c2ccc(OC)cc2)nnc1-c1ccc(OC)cc1. The van der Waals surface area contributed by atoms with Crippen LogP contribution in [0.25, 0.3) is 11.4 Å². The first-order valence-corrected chi connectivity index (χ1v) is 9.87. The minimum Gasteiger partial charge on any atom is -0.497 e. The summed E-state index contributed by atoms with van der Waals surface area (Å²) in [6, 6.07) is 14.9. The summed E-state index contributed by atoms with van der Waals surface area (Å²) in [5.41, 5.74) is 1.61. The molecular formula is C21H23N3O3S. The summed E-state index contributed by atoms with van der Waals surface area (Å²) in [6.07, 6.45) is 0. The lowest BCUT2D eigenvalue weighted by atomic mass is 10.1. The van der Waals surface area contributed by atoms with Crippen molar-refractivity contribution in [2.45, 2.75) is 30.8 Å². The van der Waals surface area contributed by atoms with Gasteiger partial charge in [-0.1, -0.05) is 11.8 Å². The molecule has 6 nitrogen and oxygen atoms in total. The van der Waals surface area contributed by atoms with E-state index in [1.54, 1.807) is 38.5 Å². The zero-order chi connectivity index (χ0) is 20.1. The average Bonchev–Trinajstić information content (AvgIpc) is 3.15. The highest BCUT2D eigenvalue weighted by Crippen LogP contribution is 2.29. The second-order valence-corrected chi connectivity index (χ2v) is 7.44. The third-order valence-corrected chi connectivity index (χ3v) is 5.49. The van der Waals surface area contributed by atoms with Crippen molar-refractivity contribution in [2.75, 3.05) is 14.2 Å². The van der Waals surface area contributed by atoms with Gasteiger partial charge in [-0.25, -0.2) is 0 Å². The fraction of sp³-hybridized carbons (Fsp3) is 0.286. The lowest BCUT2D eigenvalue weighted by Gasteiger charge is -2.12. The quantitative estimate of drug-likeness (QED) is 0.416. The number of benzene rings is 2. The van der Waals surface area contributed by atoms with Crippen molar-refractivity contribution in [3.8, 4) is 22.9 Å². The van der Waals surface area contributed by atoms with Crippen LogP contribution in [-0.2, 0) is 6.54 Å². The average molecular weight is 398 g/mol. The van der Waals surface area contributed by atoms with E-state index in [1.165, 1.54) is 11.8 Å². The number of thioether (sulfide) groups is 1. The molecule has 2 aromatic carbocycles.